The Kier molecular flexibility index (Phi) is 17.0. The van der Waals surface area contributed by atoms with Gasteiger partial charge in [0.25, 0.3) is 0 Å². The van der Waals surface area contributed by atoms with Crippen molar-refractivity contribution >= 4 is 11.8 Å². The van der Waals surface area contributed by atoms with Crippen molar-refractivity contribution in [3.63, 3.8) is 0 Å². The van der Waals surface area contributed by atoms with Crippen molar-refractivity contribution < 1.29 is 64.7 Å². The van der Waals surface area contributed by atoms with Crippen molar-refractivity contribution in [1.82, 2.24) is 10.6 Å². The van der Waals surface area contributed by atoms with Crippen LogP contribution in [-0.4, -0.2) is 128 Å². The fourth-order valence-electron chi connectivity index (χ4n) is 6.93. The van der Waals surface area contributed by atoms with Gasteiger partial charge in [0, 0.05) is 24.5 Å². The number of aliphatic hydroxyl groups is 8. The molecular formula is C36H51N5O13. The molecule has 2 aromatic rings. The van der Waals surface area contributed by atoms with Gasteiger partial charge < -0.3 is 65.7 Å². The van der Waals surface area contributed by atoms with E-state index in [1.807, 2.05) is 0 Å². The van der Waals surface area contributed by atoms with E-state index in [0.29, 0.717) is 35.1 Å². The number of nitrogens with one attached hydrogen (secondary N) is 2. The van der Waals surface area contributed by atoms with Crippen molar-refractivity contribution in [3.05, 3.63) is 80.2 Å². The van der Waals surface area contributed by atoms with E-state index in [4.69, 9.17) is 19.7 Å². The summed E-state index contributed by atoms with van der Waals surface area (Å²) in [6.07, 6.45) is -9.34. The topological polar surface area (TPSA) is 296 Å². The van der Waals surface area contributed by atoms with E-state index in [-0.39, 0.29) is 65.5 Å². The third kappa shape index (κ3) is 11.6. The molecule has 0 aromatic heterocycles. The van der Waals surface area contributed by atoms with Crippen LogP contribution in [0.4, 0.5) is 0 Å². The first kappa shape index (κ1) is 43.0. The van der Waals surface area contributed by atoms with E-state index >= 15 is 0 Å². The molecule has 54 heavy (non-hydrogen) atoms. The zero-order valence-electron chi connectivity index (χ0n) is 29.8. The zero-order chi connectivity index (χ0) is 39.2. The van der Waals surface area contributed by atoms with Crippen LogP contribution in [0.5, 0.6) is 0 Å². The van der Waals surface area contributed by atoms with Crippen molar-refractivity contribution in [1.29, 1.82) is 0 Å². The molecule has 4 rings (SSSR count). The van der Waals surface area contributed by atoms with E-state index < -0.39 is 73.2 Å². The van der Waals surface area contributed by atoms with Gasteiger partial charge in [-0.2, -0.15) is 0 Å². The maximum absolute atomic E-state index is 13.9. The fraction of sp³-hybridized carbons (Fsp3) is 0.611. The maximum Gasteiger partial charge on any atom is 0.224 e. The molecule has 2 fully saturated rings. The van der Waals surface area contributed by atoms with Crippen LogP contribution in [0.2, 0.25) is 0 Å². The third-order valence-corrected chi connectivity index (χ3v) is 9.67. The van der Waals surface area contributed by atoms with Crippen LogP contribution in [0.25, 0.3) is 10.4 Å². The molecule has 2 aromatic carbocycles. The van der Waals surface area contributed by atoms with Crippen molar-refractivity contribution in [2.75, 3.05) is 32.8 Å². The van der Waals surface area contributed by atoms with Gasteiger partial charge in [0.2, 0.25) is 11.8 Å². The highest BCUT2D eigenvalue weighted by Gasteiger charge is 2.49. The third-order valence-electron chi connectivity index (χ3n) is 9.67. The molecule has 18 nitrogen and oxygen atoms in total. The van der Waals surface area contributed by atoms with Crippen molar-refractivity contribution in [3.8, 4) is 0 Å². The molecule has 0 radical (unpaired) electrons. The lowest BCUT2D eigenvalue weighted by atomic mass is 9.75. The van der Waals surface area contributed by atoms with Crippen LogP contribution in [0.3, 0.4) is 0 Å². The Hall–Kier alpha value is -3.75. The van der Waals surface area contributed by atoms with Gasteiger partial charge in [0.15, 0.2) is 6.29 Å². The second-order valence-electron chi connectivity index (χ2n) is 13.4. The van der Waals surface area contributed by atoms with Crippen LogP contribution < -0.4 is 10.6 Å². The van der Waals surface area contributed by atoms with Crippen molar-refractivity contribution in [2.24, 2.45) is 17.0 Å². The number of rotatable bonds is 19. The number of benzene rings is 2. The number of hydrogen-bond acceptors (Lipinski definition) is 14. The summed E-state index contributed by atoms with van der Waals surface area (Å²) in [5.74, 6) is -2.92. The zero-order valence-corrected chi connectivity index (χ0v) is 29.8. The summed E-state index contributed by atoms with van der Waals surface area (Å²) >= 11 is 0. The average molecular weight is 762 g/mol. The highest BCUT2D eigenvalue weighted by atomic mass is 16.7. The summed E-state index contributed by atoms with van der Waals surface area (Å²) in [6.45, 7) is -1.45. The van der Waals surface area contributed by atoms with Gasteiger partial charge in [-0.05, 0) is 64.6 Å². The molecule has 9 atom stereocenters. The van der Waals surface area contributed by atoms with E-state index in [1.165, 1.54) is 0 Å². The minimum absolute atomic E-state index is 0.0568. The number of carbonyl (C=O) groups is 2. The van der Waals surface area contributed by atoms with Gasteiger partial charge >= 0.3 is 0 Å². The standard InChI is InChI=1S/C36H51N5O13/c37-41-40-5-6-52-28-13-26(34(50)38-3-1-20-7-22(15-42)11-23(8-20)16-43)27(14-29(28)53-36-33(49)32(48)31(47)30(19-46)54-36)35(51)39-4-2-21-9-24(17-44)12-25(10-21)18-45/h7-12,26-33,36,42-49H,1-6,13-19H2,(H,38,50)(H,39,51)/t26-,27-,28-,29-,30+,31+,32-,33-,36-/m0/s1. The Morgan fingerprint density at radius 1 is 0.722 bits per heavy atom. The summed E-state index contributed by atoms with van der Waals surface area (Å²) in [5, 5.41) is 88.8. The average Bonchev–Trinajstić information content (AvgIpc) is 3.19. The summed E-state index contributed by atoms with van der Waals surface area (Å²) in [6, 6.07) is 10.4. The van der Waals surface area contributed by atoms with Gasteiger partial charge in [-0.15, -0.1) is 0 Å². The molecule has 10 N–H and O–H groups in total. The highest BCUT2D eigenvalue weighted by Crippen LogP contribution is 2.36. The maximum atomic E-state index is 13.9. The Morgan fingerprint density at radius 2 is 1.19 bits per heavy atom. The summed E-state index contributed by atoms with van der Waals surface area (Å²) in [5.41, 5.74) is 12.7. The lowest BCUT2D eigenvalue weighted by molar-refractivity contribution is -0.321. The number of nitrogens with zero attached hydrogens (tertiary/aromatic N) is 3. The Morgan fingerprint density at radius 3 is 1.63 bits per heavy atom. The molecule has 0 unspecified atom stereocenters. The van der Waals surface area contributed by atoms with Gasteiger partial charge in [0.1, 0.15) is 24.4 Å². The molecule has 1 saturated heterocycles. The van der Waals surface area contributed by atoms with Crippen LogP contribution in [-0.2, 0) is 63.1 Å². The van der Waals surface area contributed by atoms with Crippen LogP contribution in [0.1, 0.15) is 46.2 Å². The SMILES string of the molecule is [N-]=[N+]=NCCO[C@H]1C[C@H](C(=O)NCCc2cc(CO)cc(CO)c2)[C@@H](C(=O)NCCc2cc(CO)cc(CO)c2)C[C@@H]1O[C@H]1O[C@H](CO)[C@@H](O)[C@H](O)[C@@H]1O. The predicted octanol–water partition coefficient (Wildman–Crippen LogP) is -1.42. The van der Waals surface area contributed by atoms with Gasteiger partial charge in [-0.25, -0.2) is 0 Å². The highest BCUT2D eigenvalue weighted by molar-refractivity contribution is 5.88. The molecule has 1 heterocycles. The molecular weight excluding hydrogens is 710 g/mol. The molecule has 1 saturated carbocycles. The second-order valence-corrected chi connectivity index (χ2v) is 13.4. The van der Waals surface area contributed by atoms with E-state index in [2.05, 4.69) is 20.7 Å². The lowest BCUT2D eigenvalue weighted by Crippen LogP contribution is -2.61. The van der Waals surface area contributed by atoms with E-state index in [1.54, 1.807) is 36.4 Å². The molecule has 2 aliphatic rings. The normalized spacial score (nSPS) is 26.9. The van der Waals surface area contributed by atoms with Crippen molar-refractivity contribution in [2.45, 2.75) is 95.0 Å². The first-order valence-electron chi connectivity index (χ1n) is 17.9. The Balaban J connectivity index is 1.56. The molecule has 18 heteroatoms. The first-order chi connectivity index (χ1) is 26.0. The molecule has 1 aliphatic carbocycles. The van der Waals surface area contributed by atoms with Gasteiger partial charge in [-0.3, -0.25) is 9.59 Å². The number of ether oxygens (including phenoxy) is 3. The summed E-state index contributed by atoms with van der Waals surface area (Å²) in [4.78, 5) is 30.5. The minimum Gasteiger partial charge on any atom is -0.394 e. The summed E-state index contributed by atoms with van der Waals surface area (Å²) < 4.78 is 17.7. The Bertz CT molecular complexity index is 1530. The molecule has 0 bridgehead atoms. The minimum atomic E-state index is -1.74. The van der Waals surface area contributed by atoms with Crippen LogP contribution in [0, 0.1) is 11.8 Å². The number of aliphatic hydroxyl groups excluding tert-OH is 8. The fourth-order valence-corrected chi connectivity index (χ4v) is 6.93. The first-order valence-corrected chi connectivity index (χ1v) is 17.9. The van der Waals surface area contributed by atoms with E-state index in [9.17, 15) is 50.4 Å². The molecule has 298 valence electrons. The smallest absolute Gasteiger partial charge is 0.224 e. The number of hydrogen-bond donors (Lipinski definition) is 10. The van der Waals surface area contributed by atoms with Crippen LogP contribution in [0.15, 0.2) is 41.5 Å². The summed E-state index contributed by atoms with van der Waals surface area (Å²) in [7, 11) is 0. The molecule has 0 spiro atoms. The lowest BCUT2D eigenvalue weighted by Gasteiger charge is -2.44. The number of amides is 2. The van der Waals surface area contributed by atoms with Gasteiger partial charge in [-0.1, -0.05) is 41.5 Å². The second kappa shape index (κ2) is 21.4. The van der Waals surface area contributed by atoms with Crippen LogP contribution >= 0.6 is 0 Å². The predicted molar refractivity (Wildman–Crippen MR) is 189 cm³/mol. The Labute approximate surface area is 311 Å². The monoisotopic (exact) mass is 761 g/mol. The van der Waals surface area contributed by atoms with E-state index in [0.717, 1.165) is 11.1 Å². The largest absolute Gasteiger partial charge is 0.394 e. The number of azide groups is 1. The molecule has 2 amide bonds. The van der Waals surface area contributed by atoms with Gasteiger partial charge in [0.05, 0.1) is 63.7 Å². The quantitative estimate of drug-likeness (QED) is 0.0341. The molecule has 1 aliphatic heterocycles. The number of carbonyl (C=O) groups excluding carboxylic acids is 2.